The number of thiophene rings is 1. The van der Waals surface area contributed by atoms with Gasteiger partial charge in [0.05, 0.1) is 23.9 Å². The van der Waals surface area contributed by atoms with E-state index in [4.69, 9.17) is 4.74 Å². The summed E-state index contributed by atoms with van der Waals surface area (Å²) in [6, 6.07) is 11.7. The lowest BCUT2D eigenvalue weighted by atomic mass is 9.97. The Balaban J connectivity index is 1.58. The number of nitrogens with zero attached hydrogens (tertiary/aromatic N) is 2. The van der Waals surface area contributed by atoms with E-state index in [-0.39, 0.29) is 30.2 Å². The van der Waals surface area contributed by atoms with Crippen LogP contribution < -0.4 is 0 Å². The topological polar surface area (TPSA) is 66.9 Å². The van der Waals surface area contributed by atoms with Gasteiger partial charge in [-0.15, -0.1) is 11.3 Å². The highest BCUT2D eigenvalue weighted by atomic mass is 32.1. The third kappa shape index (κ3) is 5.03. The fourth-order valence-corrected chi connectivity index (χ4v) is 4.40. The molecular weight excluding hydrogens is 388 g/mol. The summed E-state index contributed by atoms with van der Waals surface area (Å²) in [6.45, 7) is 3.21. The van der Waals surface area contributed by atoms with Gasteiger partial charge in [-0.25, -0.2) is 0 Å². The van der Waals surface area contributed by atoms with Crippen LogP contribution in [0.15, 0.2) is 41.8 Å². The van der Waals surface area contributed by atoms with Crippen molar-refractivity contribution in [2.75, 3.05) is 33.3 Å². The van der Waals surface area contributed by atoms with Crippen LogP contribution in [0.3, 0.4) is 0 Å². The van der Waals surface area contributed by atoms with Gasteiger partial charge in [-0.1, -0.05) is 30.3 Å². The van der Waals surface area contributed by atoms with Gasteiger partial charge in [-0.3, -0.25) is 14.4 Å². The average molecular weight is 415 g/mol. The van der Waals surface area contributed by atoms with Crippen molar-refractivity contribution in [1.82, 2.24) is 9.80 Å². The van der Waals surface area contributed by atoms with E-state index in [1.54, 1.807) is 18.9 Å². The molecule has 1 aliphatic rings. The van der Waals surface area contributed by atoms with Crippen LogP contribution >= 0.6 is 11.3 Å². The summed E-state index contributed by atoms with van der Waals surface area (Å²) in [7, 11) is 1.65. The molecule has 0 saturated carbocycles. The van der Waals surface area contributed by atoms with Crippen molar-refractivity contribution in [3.8, 4) is 11.1 Å². The number of amides is 2. The normalized spacial score (nSPS) is 14.5. The van der Waals surface area contributed by atoms with Crippen molar-refractivity contribution in [3.05, 3.63) is 46.7 Å². The van der Waals surface area contributed by atoms with Gasteiger partial charge >= 0.3 is 5.97 Å². The van der Waals surface area contributed by atoms with Crippen molar-refractivity contribution in [3.63, 3.8) is 0 Å². The summed E-state index contributed by atoms with van der Waals surface area (Å²) in [5.41, 5.74) is 1.87. The quantitative estimate of drug-likeness (QED) is 0.681. The molecule has 3 rings (SSSR count). The van der Waals surface area contributed by atoms with E-state index in [0.717, 1.165) is 11.1 Å². The fourth-order valence-electron chi connectivity index (χ4n) is 3.49. The predicted octanol–water partition coefficient (Wildman–Crippen LogP) is 3.29. The van der Waals surface area contributed by atoms with E-state index >= 15 is 0 Å². The Morgan fingerprint density at radius 2 is 1.83 bits per heavy atom. The second-order valence-electron chi connectivity index (χ2n) is 7.10. The lowest BCUT2D eigenvalue weighted by Crippen LogP contribution is -2.45. The standard InChI is InChI=1S/C22H26N2O4S/c1-3-28-22(27)17-9-12-24(13-10-17)19(25)15-23(2)21(26)20-18(11-14-29-20)16-7-5-4-6-8-16/h4-8,11,14,17H,3,9-10,12-13,15H2,1-2H3. The molecule has 154 valence electrons. The van der Waals surface area contributed by atoms with Gasteiger partial charge in [0, 0.05) is 25.7 Å². The van der Waals surface area contributed by atoms with E-state index < -0.39 is 0 Å². The molecule has 1 fully saturated rings. The lowest BCUT2D eigenvalue weighted by Gasteiger charge is -2.32. The molecule has 0 aliphatic carbocycles. The van der Waals surface area contributed by atoms with E-state index in [0.29, 0.717) is 37.4 Å². The first-order chi connectivity index (χ1) is 14.0. The molecule has 1 aromatic heterocycles. The average Bonchev–Trinajstić information content (AvgIpc) is 3.24. The zero-order valence-corrected chi connectivity index (χ0v) is 17.6. The Morgan fingerprint density at radius 3 is 2.48 bits per heavy atom. The highest BCUT2D eigenvalue weighted by Gasteiger charge is 2.29. The van der Waals surface area contributed by atoms with E-state index in [9.17, 15) is 14.4 Å². The van der Waals surface area contributed by atoms with Crippen LogP contribution in [0.2, 0.25) is 0 Å². The Kier molecular flexibility index (Phi) is 7.04. The summed E-state index contributed by atoms with van der Waals surface area (Å²) in [6.07, 6.45) is 1.20. The first-order valence-corrected chi connectivity index (χ1v) is 10.7. The summed E-state index contributed by atoms with van der Waals surface area (Å²) < 4.78 is 5.07. The molecule has 1 saturated heterocycles. The molecule has 0 N–H and O–H groups in total. The Morgan fingerprint density at radius 1 is 1.14 bits per heavy atom. The largest absolute Gasteiger partial charge is 0.466 e. The molecule has 2 aromatic rings. The monoisotopic (exact) mass is 414 g/mol. The third-order valence-corrected chi connectivity index (χ3v) is 6.03. The molecule has 2 amide bonds. The van der Waals surface area contributed by atoms with Gasteiger partial charge in [0.2, 0.25) is 5.91 Å². The number of carbonyl (C=O) groups is 3. The van der Waals surface area contributed by atoms with Gasteiger partial charge in [0.15, 0.2) is 0 Å². The molecule has 6 nitrogen and oxygen atoms in total. The lowest BCUT2D eigenvalue weighted by molar-refractivity contribution is -0.151. The zero-order chi connectivity index (χ0) is 20.8. The van der Waals surface area contributed by atoms with Crippen LogP contribution in [0.1, 0.15) is 29.4 Å². The number of rotatable bonds is 6. The second-order valence-corrected chi connectivity index (χ2v) is 8.01. The molecule has 0 atom stereocenters. The molecular formula is C22H26N2O4S. The smallest absolute Gasteiger partial charge is 0.309 e. The molecule has 0 radical (unpaired) electrons. The number of benzene rings is 1. The number of ether oxygens (including phenoxy) is 1. The van der Waals surface area contributed by atoms with E-state index in [1.807, 2.05) is 41.8 Å². The number of hydrogen-bond acceptors (Lipinski definition) is 5. The first kappa shape index (κ1) is 21.0. The molecule has 29 heavy (non-hydrogen) atoms. The number of hydrogen-bond donors (Lipinski definition) is 0. The van der Waals surface area contributed by atoms with Gasteiger partial charge in [0.25, 0.3) is 5.91 Å². The summed E-state index contributed by atoms with van der Waals surface area (Å²) in [5.74, 6) is -0.578. The highest BCUT2D eigenvalue weighted by Crippen LogP contribution is 2.29. The molecule has 2 heterocycles. The maximum atomic E-state index is 12.9. The highest BCUT2D eigenvalue weighted by molar-refractivity contribution is 7.12. The van der Waals surface area contributed by atoms with E-state index in [2.05, 4.69) is 0 Å². The number of piperidine rings is 1. The van der Waals surface area contributed by atoms with E-state index in [1.165, 1.54) is 16.2 Å². The molecule has 0 unspecified atom stereocenters. The van der Waals surface area contributed by atoms with Gasteiger partial charge in [-0.05, 0) is 36.8 Å². The van der Waals surface area contributed by atoms with Crippen molar-refractivity contribution in [2.24, 2.45) is 5.92 Å². The minimum atomic E-state index is -0.182. The maximum Gasteiger partial charge on any atom is 0.309 e. The van der Waals surface area contributed by atoms with Gasteiger partial charge < -0.3 is 14.5 Å². The molecule has 0 spiro atoms. The molecule has 1 aromatic carbocycles. The van der Waals surface area contributed by atoms with Crippen LogP contribution in [0.25, 0.3) is 11.1 Å². The van der Waals surface area contributed by atoms with Crippen LogP contribution in [-0.4, -0.2) is 60.9 Å². The Labute approximate surface area is 175 Å². The molecule has 1 aliphatic heterocycles. The van der Waals surface area contributed by atoms with Gasteiger partial charge in [-0.2, -0.15) is 0 Å². The van der Waals surface area contributed by atoms with Crippen LogP contribution in [-0.2, 0) is 14.3 Å². The van der Waals surface area contributed by atoms with Gasteiger partial charge in [0.1, 0.15) is 0 Å². The minimum absolute atomic E-state index is 0.0229. The summed E-state index contributed by atoms with van der Waals surface area (Å²) >= 11 is 1.38. The minimum Gasteiger partial charge on any atom is -0.466 e. The molecule has 0 bridgehead atoms. The number of likely N-dealkylation sites (N-methyl/N-ethyl adjacent to an activating group) is 1. The number of carbonyl (C=O) groups excluding carboxylic acids is 3. The fraction of sp³-hybridized carbons (Fsp3) is 0.409. The number of likely N-dealkylation sites (tertiary alicyclic amines) is 1. The Bertz CT molecular complexity index is 857. The van der Waals surface area contributed by atoms with Crippen molar-refractivity contribution in [1.29, 1.82) is 0 Å². The maximum absolute atomic E-state index is 12.9. The summed E-state index contributed by atoms with van der Waals surface area (Å²) in [4.78, 5) is 41.3. The van der Waals surface area contributed by atoms with Crippen LogP contribution in [0.5, 0.6) is 0 Å². The van der Waals surface area contributed by atoms with Crippen LogP contribution in [0.4, 0.5) is 0 Å². The predicted molar refractivity (Wildman–Crippen MR) is 113 cm³/mol. The number of esters is 1. The van der Waals surface area contributed by atoms with Crippen molar-refractivity contribution >= 4 is 29.1 Å². The van der Waals surface area contributed by atoms with Crippen LogP contribution in [0, 0.1) is 5.92 Å². The van der Waals surface area contributed by atoms with Crippen molar-refractivity contribution < 1.29 is 19.1 Å². The third-order valence-electron chi connectivity index (χ3n) is 5.13. The van der Waals surface area contributed by atoms with Crippen molar-refractivity contribution in [2.45, 2.75) is 19.8 Å². The SMILES string of the molecule is CCOC(=O)C1CCN(C(=O)CN(C)C(=O)c2sccc2-c2ccccc2)CC1. The molecule has 7 heteroatoms. The summed E-state index contributed by atoms with van der Waals surface area (Å²) in [5, 5.41) is 1.89. The first-order valence-electron chi connectivity index (χ1n) is 9.84. The zero-order valence-electron chi connectivity index (χ0n) is 16.8. The Hall–Kier alpha value is -2.67. The second kappa shape index (κ2) is 9.69.